The number of rotatable bonds is 2. The van der Waals surface area contributed by atoms with Crippen LogP contribution in [0.15, 0.2) is 36.5 Å². The number of fused-ring (bicyclic) bond motifs is 3. The number of halogens is 3. The Bertz CT molecular complexity index is 936. The second-order valence-corrected chi connectivity index (χ2v) is 6.67. The first-order chi connectivity index (χ1) is 11.8. The van der Waals surface area contributed by atoms with Crippen molar-refractivity contribution >= 4 is 42.0 Å². The fourth-order valence-corrected chi connectivity index (χ4v) is 4.10. The molecule has 1 aliphatic carbocycles. The van der Waals surface area contributed by atoms with E-state index < -0.39 is 0 Å². The Hall–Kier alpha value is -1.89. The van der Waals surface area contributed by atoms with Crippen LogP contribution in [0.5, 0.6) is 0 Å². The molecule has 0 radical (unpaired) electrons. The van der Waals surface area contributed by atoms with Crippen LogP contribution in [0.2, 0.25) is 0 Å². The SMILES string of the molecule is Cl.Cl.Fc1cccc(Nc2c3c(nc4ccnn24)C2(CCCC2)NC3)c1. The van der Waals surface area contributed by atoms with Gasteiger partial charge in [0.25, 0.3) is 0 Å². The van der Waals surface area contributed by atoms with Crippen LogP contribution in [0.25, 0.3) is 5.65 Å². The van der Waals surface area contributed by atoms with E-state index >= 15 is 0 Å². The van der Waals surface area contributed by atoms with Gasteiger partial charge in [-0.05, 0) is 31.0 Å². The van der Waals surface area contributed by atoms with E-state index in [1.807, 2.05) is 12.1 Å². The van der Waals surface area contributed by atoms with Crippen LogP contribution in [-0.2, 0) is 12.1 Å². The van der Waals surface area contributed by atoms with Gasteiger partial charge in [-0.1, -0.05) is 18.9 Å². The summed E-state index contributed by atoms with van der Waals surface area (Å²) >= 11 is 0. The molecule has 2 aromatic heterocycles. The molecule has 0 amide bonds. The third-order valence-corrected chi connectivity index (χ3v) is 5.23. The number of hydrogen-bond acceptors (Lipinski definition) is 4. The predicted octanol–water partition coefficient (Wildman–Crippen LogP) is 4.33. The third kappa shape index (κ3) is 2.82. The van der Waals surface area contributed by atoms with Crippen LogP contribution in [0.4, 0.5) is 15.9 Å². The number of nitrogens with zero attached hydrogens (tertiary/aromatic N) is 3. The van der Waals surface area contributed by atoms with Crippen molar-refractivity contribution in [3.63, 3.8) is 0 Å². The molecule has 8 heteroatoms. The summed E-state index contributed by atoms with van der Waals surface area (Å²) in [6, 6.07) is 8.42. The van der Waals surface area contributed by atoms with E-state index in [1.165, 1.54) is 25.0 Å². The highest BCUT2D eigenvalue weighted by molar-refractivity contribution is 5.85. The number of aromatic nitrogens is 3. The van der Waals surface area contributed by atoms with Crippen molar-refractivity contribution in [3.05, 3.63) is 53.6 Å². The molecular formula is C18H20Cl2FN5. The van der Waals surface area contributed by atoms with E-state index in [4.69, 9.17) is 4.98 Å². The fourth-order valence-electron chi connectivity index (χ4n) is 4.10. The minimum atomic E-state index is -0.257. The third-order valence-electron chi connectivity index (χ3n) is 5.23. The second kappa shape index (κ2) is 7.02. The Morgan fingerprint density at radius 1 is 1.15 bits per heavy atom. The van der Waals surface area contributed by atoms with E-state index in [9.17, 15) is 4.39 Å². The molecule has 5 nitrogen and oxygen atoms in total. The van der Waals surface area contributed by atoms with Crippen molar-refractivity contribution in [2.75, 3.05) is 5.32 Å². The minimum Gasteiger partial charge on any atom is -0.340 e. The number of hydrogen-bond donors (Lipinski definition) is 2. The normalized spacial score (nSPS) is 17.0. The second-order valence-electron chi connectivity index (χ2n) is 6.67. The summed E-state index contributed by atoms with van der Waals surface area (Å²) in [7, 11) is 0. The van der Waals surface area contributed by atoms with Gasteiger partial charge in [-0.3, -0.25) is 0 Å². The van der Waals surface area contributed by atoms with Gasteiger partial charge in [-0.25, -0.2) is 9.37 Å². The molecule has 3 heterocycles. The van der Waals surface area contributed by atoms with Gasteiger partial charge in [-0.2, -0.15) is 9.61 Å². The average molecular weight is 396 g/mol. The lowest BCUT2D eigenvalue weighted by Gasteiger charge is -2.24. The molecule has 138 valence electrons. The van der Waals surface area contributed by atoms with E-state index in [0.29, 0.717) is 5.69 Å². The number of nitrogens with one attached hydrogen (secondary N) is 2. The summed E-state index contributed by atoms with van der Waals surface area (Å²) < 4.78 is 15.4. The molecule has 0 unspecified atom stereocenters. The van der Waals surface area contributed by atoms with Crippen molar-refractivity contribution < 1.29 is 4.39 Å². The zero-order valence-electron chi connectivity index (χ0n) is 14.0. The minimum absolute atomic E-state index is 0. The molecular weight excluding hydrogens is 376 g/mol. The van der Waals surface area contributed by atoms with Gasteiger partial charge in [0.1, 0.15) is 11.6 Å². The first kappa shape index (κ1) is 18.9. The summed E-state index contributed by atoms with van der Waals surface area (Å²) in [6.07, 6.45) is 6.45. The molecule has 2 aliphatic rings. The van der Waals surface area contributed by atoms with Gasteiger partial charge in [0.15, 0.2) is 5.65 Å². The summed E-state index contributed by atoms with van der Waals surface area (Å²) in [6.45, 7) is 0.760. The molecule has 2 N–H and O–H groups in total. The maximum atomic E-state index is 13.6. The van der Waals surface area contributed by atoms with E-state index in [1.54, 1.807) is 16.8 Å². The molecule has 1 spiro atoms. The van der Waals surface area contributed by atoms with Crippen molar-refractivity contribution in [1.82, 2.24) is 19.9 Å². The van der Waals surface area contributed by atoms with Crippen molar-refractivity contribution in [1.29, 1.82) is 0 Å². The summed E-state index contributed by atoms with van der Waals surface area (Å²) in [5.41, 5.74) is 3.80. The Morgan fingerprint density at radius 3 is 2.73 bits per heavy atom. The van der Waals surface area contributed by atoms with Gasteiger partial charge in [0, 0.05) is 23.9 Å². The summed E-state index contributed by atoms with van der Waals surface area (Å²) in [4.78, 5) is 4.89. The highest BCUT2D eigenvalue weighted by Crippen LogP contribution is 2.45. The summed E-state index contributed by atoms with van der Waals surface area (Å²) in [5, 5.41) is 11.4. The first-order valence-electron chi connectivity index (χ1n) is 8.40. The zero-order chi connectivity index (χ0) is 16.1. The molecule has 1 saturated carbocycles. The first-order valence-corrected chi connectivity index (χ1v) is 8.40. The van der Waals surface area contributed by atoms with E-state index in [-0.39, 0.29) is 36.2 Å². The average Bonchev–Trinajstić information content (AvgIpc) is 3.30. The van der Waals surface area contributed by atoms with Crippen LogP contribution in [0.1, 0.15) is 36.9 Å². The highest BCUT2D eigenvalue weighted by atomic mass is 35.5. The smallest absolute Gasteiger partial charge is 0.157 e. The lowest BCUT2D eigenvalue weighted by Crippen LogP contribution is -2.33. The molecule has 0 atom stereocenters. The Labute approximate surface area is 163 Å². The van der Waals surface area contributed by atoms with Gasteiger partial charge in [0.2, 0.25) is 0 Å². The maximum absolute atomic E-state index is 13.6. The van der Waals surface area contributed by atoms with Crippen LogP contribution in [0, 0.1) is 5.82 Å². The van der Waals surface area contributed by atoms with Crippen molar-refractivity contribution in [3.8, 4) is 0 Å². The maximum Gasteiger partial charge on any atom is 0.157 e. The quantitative estimate of drug-likeness (QED) is 0.677. The lowest BCUT2D eigenvalue weighted by atomic mass is 9.94. The Kier molecular flexibility index (Phi) is 5.10. The van der Waals surface area contributed by atoms with E-state index in [2.05, 4.69) is 15.7 Å². The largest absolute Gasteiger partial charge is 0.340 e. The molecule has 1 aliphatic heterocycles. The van der Waals surface area contributed by atoms with Gasteiger partial charge in [0.05, 0.1) is 17.4 Å². The van der Waals surface area contributed by atoms with E-state index in [0.717, 1.165) is 42.1 Å². The predicted molar refractivity (Wildman–Crippen MR) is 104 cm³/mol. The topological polar surface area (TPSA) is 54.2 Å². The molecule has 5 rings (SSSR count). The van der Waals surface area contributed by atoms with Crippen LogP contribution in [0.3, 0.4) is 0 Å². The lowest BCUT2D eigenvalue weighted by molar-refractivity contribution is 0.365. The van der Waals surface area contributed by atoms with Crippen molar-refractivity contribution in [2.24, 2.45) is 0 Å². The molecule has 3 aromatic rings. The molecule has 1 aromatic carbocycles. The number of benzene rings is 1. The molecule has 26 heavy (non-hydrogen) atoms. The highest BCUT2D eigenvalue weighted by Gasteiger charge is 2.43. The molecule has 0 saturated heterocycles. The van der Waals surface area contributed by atoms with Crippen molar-refractivity contribution in [2.45, 2.75) is 37.8 Å². The summed E-state index contributed by atoms with van der Waals surface area (Å²) in [5.74, 6) is 0.620. The van der Waals surface area contributed by atoms with Gasteiger partial charge in [-0.15, -0.1) is 24.8 Å². The van der Waals surface area contributed by atoms with Crippen LogP contribution >= 0.6 is 24.8 Å². The zero-order valence-corrected chi connectivity index (χ0v) is 15.7. The standard InChI is InChI=1S/C18H18FN5.2ClH/c19-12-4-3-5-13(10-12)22-17-14-11-20-18(7-1-2-8-18)16(14)23-15-6-9-21-24(15)17;;/h3-6,9-10,20,22H,1-2,7-8,11H2;2*1H. The molecule has 1 fully saturated rings. The fraction of sp³-hybridized carbons (Fsp3) is 0.333. The van der Waals surface area contributed by atoms with Crippen LogP contribution in [-0.4, -0.2) is 14.6 Å². The van der Waals surface area contributed by atoms with Gasteiger partial charge < -0.3 is 10.6 Å². The van der Waals surface area contributed by atoms with Gasteiger partial charge >= 0.3 is 0 Å². The van der Waals surface area contributed by atoms with Crippen LogP contribution < -0.4 is 10.6 Å². The number of anilines is 2. The monoisotopic (exact) mass is 395 g/mol. The Morgan fingerprint density at radius 2 is 1.96 bits per heavy atom. The molecule has 0 bridgehead atoms. The Balaban J connectivity index is 0.000000980.